The number of methoxy groups -OCH3 is 1. The maximum atomic E-state index is 13.6. The van der Waals surface area contributed by atoms with E-state index in [0.717, 1.165) is 11.3 Å². The SMILES string of the molecule is COc1ccc(S(=O)(=O)N(CC(C)C)C[C@@H](O)[C@H](Cc2ccccc2)N(C(=O)[O-])[C@H]2CCSC2)cc1. The highest BCUT2D eigenvalue weighted by atomic mass is 32.2. The van der Waals surface area contributed by atoms with Gasteiger partial charge in [-0.3, -0.25) is 0 Å². The highest BCUT2D eigenvalue weighted by Gasteiger charge is 2.36. The number of carbonyl (C=O) groups excluding carboxylic acids is 1. The predicted octanol–water partition coefficient (Wildman–Crippen LogP) is 2.46. The Morgan fingerprint density at radius 3 is 2.33 bits per heavy atom. The first kappa shape index (κ1) is 28.3. The average Bonchev–Trinajstić information content (AvgIpc) is 3.37. The summed E-state index contributed by atoms with van der Waals surface area (Å²) in [5, 5.41) is 23.8. The lowest BCUT2D eigenvalue weighted by molar-refractivity contribution is -0.272. The Balaban J connectivity index is 1.94. The van der Waals surface area contributed by atoms with Crippen molar-refractivity contribution in [1.29, 1.82) is 0 Å². The van der Waals surface area contributed by atoms with E-state index in [0.29, 0.717) is 17.9 Å². The van der Waals surface area contributed by atoms with E-state index in [9.17, 15) is 23.4 Å². The molecule has 0 saturated carbocycles. The molecule has 1 N–H and O–H groups in total. The topological polar surface area (TPSA) is 110 Å². The maximum Gasteiger partial charge on any atom is 0.243 e. The van der Waals surface area contributed by atoms with Crippen LogP contribution in [0.1, 0.15) is 25.8 Å². The number of benzene rings is 2. The van der Waals surface area contributed by atoms with Gasteiger partial charge in [-0.25, -0.2) is 8.42 Å². The number of carboxylic acid groups (broad SMARTS) is 1. The lowest BCUT2D eigenvalue weighted by atomic mass is 9.97. The zero-order valence-electron chi connectivity index (χ0n) is 20.9. The van der Waals surface area contributed by atoms with Crippen LogP contribution in [-0.4, -0.2) is 78.7 Å². The van der Waals surface area contributed by atoms with Crippen molar-refractivity contribution in [2.75, 3.05) is 31.7 Å². The molecule has 0 aromatic heterocycles. The molecular formula is C26H35N2O6S2-. The molecule has 0 spiro atoms. The van der Waals surface area contributed by atoms with Gasteiger partial charge in [0.25, 0.3) is 0 Å². The second-order valence-electron chi connectivity index (χ2n) is 9.41. The molecule has 0 unspecified atom stereocenters. The summed E-state index contributed by atoms with van der Waals surface area (Å²) in [6.07, 6.45) is -1.71. The second-order valence-corrected chi connectivity index (χ2v) is 12.5. The van der Waals surface area contributed by atoms with Crippen LogP contribution >= 0.6 is 11.8 Å². The molecule has 0 bridgehead atoms. The molecule has 3 atom stereocenters. The van der Waals surface area contributed by atoms with Crippen molar-refractivity contribution < 1.29 is 28.2 Å². The Hall–Kier alpha value is -2.27. The molecule has 0 aliphatic carbocycles. The molecule has 198 valence electrons. The molecule has 0 radical (unpaired) electrons. The zero-order chi connectivity index (χ0) is 26.3. The van der Waals surface area contributed by atoms with E-state index in [1.165, 1.54) is 28.4 Å². The van der Waals surface area contributed by atoms with Crippen molar-refractivity contribution >= 4 is 27.9 Å². The third-order valence-corrected chi connectivity index (χ3v) is 9.25. The van der Waals surface area contributed by atoms with Gasteiger partial charge in [0.15, 0.2) is 0 Å². The number of hydrogen-bond acceptors (Lipinski definition) is 7. The number of aliphatic hydroxyl groups is 1. The monoisotopic (exact) mass is 535 g/mol. The number of ether oxygens (including phenoxy) is 1. The summed E-state index contributed by atoms with van der Waals surface area (Å²) in [6.45, 7) is 3.73. The van der Waals surface area contributed by atoms with Gasteiger partial charge in [0.2, 0.25) is 10.0 Å². The molecule has 1 aliphatic rings. The second kappa shape index (κ2) is 12.8. The Morgan fingerprint density at radius 1 is 1.14 bits per heavy atom. The van der Waals surface area contributed by atoms with Crippen LogP contribution in [0.15, 0.2) is 59.5 Å². The summed E-state index contributed by atoms with van der Waals surface area (Å²) < 4.78 is 33.5. The van der Waals surface area contributed by atoms with Crippen LogP contribution in [0, 0.1) is 5.92 Å². The zero-order valence-corrected chi connectivity index (χ0v) is 22.6. The maximum absolute atomic E-state index is 13.6. The minimum absolute atomic E-state index is 0.0127. The Bertz CT molecular complexity index is 1070. The van der Waals surface area contributed by atoms with Crippen LogP contribution in [0.25, 0.3) is 0 Å². The van der Waals surface area contributed by atoms with Gasteiger partial charge in [0, 0.05) is 24.9 Å². The number of aliphatic hydroxyl groups excluding tert-OH is 1. The van der Waals surface area contributed by atoms with Gasteiger partial charge in [0.05, 0.1) is 24.2 Å². The fourth-order valence-corrected chi connectivity index (χ4v) is 7.30. The van der Waals surface area contributed by atoms with Crippen LogP contribution in [0.5, 0.6) is 5.75 Å². The van der Waals surface area contributed by atoms with Crippen molar-refractivity contribution in [3.63, 3.8) is 0 Å². The first-order chi connectivity index (χ1) is 17.1. The van der Waals surface area contributed by atoms with Gasteiger partial charge in [-0.05, 0) is 54.3 Å². The summed E-state index contributed by atoms with van der Waals surface area (Å²) in [7, 11) is -2.45. The smallest absolute Gasteiger partial charge is 0.243 e. The Morgan fingerprint density at radius 2 is 1.81 bits per heavy atom. The average molecular weight is 536 g/mol. The van der Waals surface area contributed by atoms with E-state index in [2.05, 4.69) is 0 Å². The molecule has 10 heteroatoms. The third kappa shape index (κ3) is 7.15. The van der Waals surface area contributed by atoms with Crippen molar-refractivity contribution in [2.24, 2.45) is 5.92 Å². The van der Waals surface area contributed by atoms with Crippen molar-refractivity contribution in [3.05, 3.63) is 60.2 Å². The van der Waals surface area contributed by atoms with Gasteiger partial charge in [0.1, 0.15) is 11.8 Å². The highest BCUT2D eigenvalue weighted by molar-refractivity contribution is 7.99. The number of nitrogens with zero attached hydrogens (tertiary/aromatic N) is 2. The van der Waals surface area contributed by atoms with Gasteiger partial charge in [-0.15, -0.1) is 0 Å². The number of rotatable bonds is 12. The third-order valence-electron chi connectivity index (χ3n) is 6.26. The van der Waals surface area contributed by atoms with E-state index in [4.69, 9.17) is 4.74 Å². The van der Waals surface area contributed by atoms with Gasteiger partial charge < -0.3 is 24.6 Å². The summed E-state index contributed by atoms with van der Waals surface area (Å²) >= 11 is 1.66. The van der Waals surface area contributed by atoms with E-state index >= 15 is 0 Å². The van der Waals surface area contributed by atoms with Crippen molar-refractivity contribution in [3.8, 4) is 5.75 Å². The fourth-order valence-electron chi connectivity index (χ4n) is 4.48. The number of sulfonamides is 1. The number of thioether (sulfide) groups is 1. The lowest BCUT2D eigenvalue weighted by Crippen LogP contribution is -2.59. The predicted molar refractivity (Wildman–Crippen MR) is 139 cm³/mol. The van der Waals surface area contributed by atoms with Crippen molar-refractivity contribution in [2.45, 2.75) is 49.8 Å². The van der Waals surface area contributed by atoms with Crippen LogP contribution < -0.4 is 9.84 Å². The van der Waals surface area contributed by atoms with Crippen LogP contribution in [0.2, 0.25) is 0 Å². The summed E-state index contributed by atoms with van der Waals surface area (Å²) in [5.74, 6) is 1.97. The molecule has 2 aromatic rings. The molecule has 1 fully saturated rings. The lowest BCUT2D eigenvalue weighted by Gasteiger charge is -2.42. The van der Waals surface area contributed by atoms with E-state index in [1.807, 2.05) is 44.2 Å². The normalized spacial score (nSPS) is 17.8. The molecule has 8 nitrogen and oxygen atoms in total. The minimum atomic E-state index is -3.96. The quantitative estimate of drug-likeness (QED) is 0.445. The van der Waals surface area contributed by atoms with Gasteiger partial charge in [-0.2, -0.15) is 16.1 Å². The molecule has 3 rings (SSSR count). The van der Waals surface area contributed by atoms with Gasteiger partial charge in [-0.1, -0.05) is 44.2 Å². The molecule has 36 heavy (non-hydrogen) atoms. The fraction of sp³-hybridized carbons (Fsp3) is 0.500. The highest BCUT2D eigenvalue weighted by Crippen LogP contribution is 2.28. The van der Waals surface area contributed by atoms with E-state index in [1.54, 1.807) is 23.9 Å². The summed E-state index contributed by atoms with van der Waals surface area (Å²) in [6, 6.07) is 14.3. The van der Waals surface area contributed by atoms with Crippen molar-refractivity contribution in [1.82, 2.24) is 9.21 Å². The largest absolute Gasteiger partial charge is 0.530 e. The van der Waals surface area contributed by atoms with Crippen LogP contribution in [0.3, 0.4) is 0 Å². The van der Waals surface area contributed by atoms with Crippen LogP contribution in [0.4, 0.5) is 4.79 Å². The summed E-state index contributed by atoms with van der Waals surface area (Å²) in [5.41, 5.74) is 0.854. The Labute approximate surface area is 218 Å². The van der Waals surface area contributed by atoms with Crippen LogP contribution in [-0.2, 0) is 16.4 Å². The number of hydrogen-bond donors (Lipinski definition) is 1. The summed E-state index contributed by atoms with van der Waals surface area (Å²) in [4.78, 5) is 13.6. The van der Waals surface area contributed by atoms with E-state index in [-0.39, 0.29) is 36.4 Å². The standard InChI is InChI=1S/C26H36N2O6S2/c1-19(2)16-27(36(32,33)23-11-9-22(34-3)10-12-23)17-25(29)24(15-20-7-5-4-6-8-20)28(26(30)31)21-13-14-35-18-21/h4-12,19,21,24-25,29H,13-18H2,1-3H3,(H,30,31)/p-1/t21-,24-,25+/m0/s1. The minimum Gasteiger partial charge on any atom is -0.530 e. The first-order valence-electron chi connectivity index (χ1n) is 12.1. The molecular weight excluding hydrogens is 500 g/mol. The van der Waals surface area contributed by atoms with E-state index < -0.39 is 28.3 Å². The molecule has 2 aromatic carbocycles. The first-order valence-corrected chi connectivity index (χ1v) is 14.7. The Kier molecular flexibility index (Phi) is 10.1. The molecule has 1 aliphatic heterocycles. The number of carbonyl (C=O) groups is 1. The molecule has 1 amide bonds. The molecule has 1 heterocycles. The number of amides is 1. The molecule has 1 saturated heterocycles. The van der Waals surface area contributed by atoms with Gasteiger partial charge >= 0.3 is 0 Å².